The Bertz CT molecular complexity index is 1160. The maximum Gasteiger partial charge on any atom is 0.228 e. The van der Waals surface area contributed by atoms with Gasteiger partial charge in [0.1, 0.15) is 17.2 Å². The Kier molecular flexibility index (Phi) is 7.34. The number of anilines is 1. The topological polar surface area (TPSA) is 70.6 Å². The number of fused-ring (bicyclic) bond motifs is 1. The molecule has 3 aromatic rings. The number of thiazole rings is 1. The van der Waals surface area contributed by atoms with E-state index in [1.165, 1.54) is 34.4 Å². The van der Waals surface area contributed by atoms with Gasteiger partial charge in [0.15, 0.2) is 15.0 Å². The van der Waals surface area contributed by atoms with Crippen LogP contribution in [0.15, 0.2) is 47.4 Å². The lowest BCUT2D eigenvalue weighted by Crippen LogP contribution is -2.36. The molecule has 31 heavy (non-hydrogen) atoms. The summed E-state index contributed by atoms with van der Waals surface area (Å²) in [6, 6.07) is 9.26. The van der Waals surface area contributed by atoms with Gasteiger partial charge in [0.05, 0.1) is 15.3 Å². The fourth-order valence-electron chi connectivity index (χ4n) is 2.95. The van der Waals surface area contributed by atoms with E-state index in [1.54, 1.807) is 12.1 Å². The highest BCUT2D eigenvalue weighted by molar-refractivity contribution is 7.91. The molecular weight excluding hydrogens is 444 g/mol. The Morgan fingerprint density at radius 2 is 1.77 bits per heavy atom. The molecule has 0 aliphatic heterocycles. The normalized spacial score (nSPS) is 11.9. The van der Waals surface area contributed by atoms with Crippen molar-refractivity contribution in [1.29, 1.82) is 0 Å². The van der Waals surface area contributed by atoms with Gasteiger partial charge in [0, 0.05) is 19.5 Å². The van der Waals surface area contributed by atoms with Crippen LogP contribution in [0.1, 0.15) is 12.8 Å². The van der Waals surface area contributed by atoms with Crippen molar-refractivity contribution in [3.05, 3.63) is 54.1 Å². The van der Waals surface area contributed by atoms with Gasteiger partial charge in [-0.3, -0.25) is 9.69 Å². The SMILES string of the molecule is CN(C)CCN(C(=O)CCCS(=O)(=O)c1ccc(F)cc1)c1nc2c(F)cccc2s1. The Morgan fingerprint density at radius 1 is 1.06 bits per heavy atom. The third kappa shape index (κ3) is 5.84. The van der Waals surface area contributed by atoms with E-state index >= 15 is 0 Å². The first kappa shape index (κ1) is 23.2. The second-order valence-corrected chi connectivity index (χ2v) is 10.4. The third-order valence-corrected chi connectivity index (χ3v) is 7.50. The number of nitrogens with zero attached hydrogens (tertiary/aromatic N) is 3. The highest BCUT2D eigenvalue weighted by Crippen LogP contribution is 2.30. The molecule has 0 N–H and O–H groups in total. The average Bonchev–Trinajstić information content (AvgIpc) is 3.13. The first-order valence-corrected chi connectivity index (χ1v) is 12.1. The van der Waals surface area contributed by atoms with Crippen molar-refractivity contribution in [2.24, 2.45) is 0 Å². The zero-order chi connectivity index (χ0) is 22.6. The number of carbonyl (C=O) groups excluding carboxylic acids is 1. The van der Waals surface area contributed by atoms with Crippen LogP contribution in [0.25, 0.3) is 10.2 Å². The molecule has 1 aromatic heterocycles. The Hall–Kier alpha value is -2.43. The van der Waals surface area contributed by atoms with Crippen LogP contribution in [0.4, 0.5) is 13.9 Å². The molecule has 0 aliphatic carbocycles. The van der Waals surface area contributed by atoms with Crippen molar-refractivity contribution in [2.75, 3.05) is 37.8 Å². The lowest BCUT2D eigenvalue weighted by atomic mass is 10.3. The van der Waals surface area contributed by atoms with E-state index in [0.717, 1.165) is 12.1 Å². The highest BCUT2D eigenvalue weighted by atomic mass is 32.2. The number of carbonyl (C=O) groups is 1. The largest absolute Gasteiger partial charge is 0.308 e. The van der Waals surface area contributed by atoms with Gasteiger partial charge in [-0.1, -0.05) is 17.4 Å². The van der Waals surface area contributed by atoms with E-state index in [1.807, 2.05) is 19.0 Å². The monoisotopic (exact) mass is 467 g/mol. The third-order valence-electron chi connectivity index (χ3n) is 4.64. The number of rotatable bonds is 9. The fraction of sp³-hybridized carbons (Fsp3) is 0.333. The standard InChI is InChI=1S/C21H23F2N3O3S2/c1-25(2)12-13-26(21-24-20-17(23)5-3-6-18(20)30-21)19(27)7-4-14-31(28,29)16-10-8-15(22)9-11-16/h3,5-6,8-11H,4,7,12-14H2,1-2H3. The van der Waals surface area contributed by atoms with Gasteiger partial charge in [-0.2, -0.15) is 0 Å². The van der Waals surface area contributed by atoms with Gasteiger partial charge in [-0.05, 0) is 56.9 Å². The molecule has 0 saturated carbocycles. The van der Waals surface area contributed by atoms with Crippen LogP contribution in [0.5, 0.6) is 0 Å². The van der Waals surface area contributed by atoms with Gasteiger partial charge >= 0.3 is 0 Å². The van der Waals surface area contributed by atoms with E-state index in [0.29, 0.717) is 22.9 Å². The van der Waals surface area contributed by atoms with Gasteiger partial charge in [0.25, 0.3) is 0 Å². The first-order chi connectivity index (χ1) is 14.7. The predicted molar refractivity (Wildman–Crippen MR) is 118 cm³/mol. The van der Waals surface area contributed by atoms with Crippen LogP contribution >= 0.6 is 11.3 Å². The van der Waals surface area contributed by atoms with Crippen molar-refractivity contribution in [3.63, 3.8) is 0 Å². The molecule has 3 rings (SSSR count). The molecule has 6 nitrogen and oxygen atoms in total. The second-order valence-electron chi connectivity index (χ2n) is 7.31. The van der Waals surface area contributed by atoms with Crippen LogP contribution in [-0.2, 0) is 14.6 Å². The molecule has 0 radical (unpaired) electrons. The number of sulfone groups is 1. The molecule has 0 bridgehead atoms. The molecule has 10 heteroatoms. The summed E-state index contributed by atoms with van der Waals surface area (Å²) in [7, 11) is 0.119. The minimum Gasteiger partial charge on any atom is -0.308 e. The number of hydrogen-bond donors (Lipinski definition) is 0. The Morgan fingerprint density at radius 3 is 2.42 bits per heavy atom. The molecule has 0 unspecified atom stereocenters. The molecule has 2 aromatic carbocycles. The molecule has 0 aliphatic rings. The number of halogens is 2. The lowest BCUT2D eigenvalue weighted by molar-refractivity contribution is -0.118. The number of benzene rings is 2. The summed E-state index contributed by atoms with van der Waals surface area (Å²) in [6.45, 7) is 0.913. The molecule has 0 fully saturated rings. The second kappa shape index (κ2) is 9.80. The summed E-state index contributed by atoms with van der Waals surface area (Å²) in [5, 5.41) is 0.383. The van der Waals surface area contributed by atoms with Crippen LogP contribution in [0.3, 0.4) is 0 Å². The quantitative estimate of drug-likeness (QED) is 0.449. The minimum atomic E-state index is -3.62. The maximum atomic E-state index is 14.0. The zero-order valence-electron chi connectivity index (χ0n) is 17.2. The van der Waals surface area contributed by atoms with Crippen molar-refractivity contribution in [3.8, 4) is 0 Å². The van der Waals surface area contributed by atoms with Crippen molar-refractivity contribution < 1.29 is 22.0 Å². The zero-order valence-corrected chi connectivity index (χ0v) is 18.8. The Balaban J connectivity index is 1.72. The average molecular weight is 468 g/mol. The summed E-state index contributed by atoms with van der Waals surface area (Å²) in [4.78, 5) is 20.6. The van der Waals surface area contributed by atoms with Crippen LogP contribution < -0.4 is 4.90 Å². The molecule has 0 atom stereocenters. The van der Waals surface area contributed by atoms with E-state index < -0.39 is 21.5 Å². The van der Waals surface area contributed by atoms with Gasteiger partial charge in [0.2, 0.25) is 5.91 Å². The number of likely N-dealkylation sites (N-methyl/N-ethyl adjacent to an activating group) is 1. The number of hydrogen-bond acceptors (Lipinski definition) is 6. The lowest BCUT2D eigenvalue weighted by Gasteiger charge is -2.22. The van der Waals surface area contributed by atoms with E-state index in [2.05, 4.69) is 4.98 Å². The fourth-order valence-corrected chi connectivity index (χ4v) is 5.29. The Labute approximate surface area is 184 Å². The van der Waals surface area contributed by atoms with E-state index in [9.17, 15) is 22.0 Å². The van der Waals surface area contributed by atoms with Crippen molar-refractivity contribution >= 4 is 42.4 Å². The summed E-state index contributed by atoms with van der Waals surface area (Å²) < 4.78 is 52.6. The molecule has 1 heterocycles. The summed E-state index contributed by atoms with van der Waals surface area (Å²) in [6.07, 6.45) is 0.0997. The number of aromatic nitrogens is 1. The van der Waals surface area contributed by atoms with Crippen LogP contribution in [-0.4, -0.2) is 57.1 Å². The van der Waals surface area contributed by atoms with Crippen molar-refractivity contribution in [2.45, 2.75) is 17.7 Å². The van der Waals surface area contributed by atoms with Gasteiger partial charge < -0.3 is 4.90 Å². The summed E-state index contributed by atoms with van der Waals surface area (Å²) in [5.74, 6) is -1.49. The molecule has 1 amide bonds. The van der Waals surface area contributed by atoms with E-state index in [-0.39, 0.29) is 34.9 Å². The highest BCUT2D eigenvalue weighted by Gasteiger charge is 2.22. The van der Waals surface area contributed by atoms with Crippen LogP contribution in [0, 0.1) is 11.6 Å². The summed E-state index contributed by atoms with van der Waals surface area (Å²) in [5.41, 5.74) is 0.212. The summed E-state index contributed by atoms with van der Waals surface area (Å²) >= 11 is 1.22. The molecule has 0 spiro atoms. The predicted octanol–water partition coefficient (Wildman–Crippen LogP) is 3.72. The molecule has 166 valence electrons. The van der Waals surface area contributed by atoms with Gasteiger partial charge in [-0.15, -0.1) is 0 Å². The van der Waals surface area contributed by atoms with E-state index in [4.69, 9.17) is 0 Å². The minimum absolute atomic E-state index is 0.00768. The van der Waals surface area contributed by atoms with Crippen LogP contribution in [0.2, 0.25) is 0 Å². The molecule has 0 saturated heterocycles. The number of amides is 1. The first-order valence-electron chi connectivity index (χ1n) is 9.66. The maximum absolute atomic E-state index is 14.0. The van der Waals surface area contributed by atoms with Gasteiger partial charge in [-0.25, -0.2) is 22.2 Å². The smallest absolute Gasteiger partial charge is 0.228 e. The number of para-hydroxylation sites is 1. The molecular formula is C21H23F2N3O3S2. The van der Waals surface area contributed by atoms with Crippen molar-refractivity contribution in [1.82, 2.24) is 9.88 Å².